The molecule has 7 heteroatoms. The summed E-state index contributed by atoms with van der Waals surface area (Å²) < 4.78 is 1.25. The van der Waals surface area contributed by atoms with Gasteiger partial charge < -0.3 is 5.11 Å². The van der Waals surface area contributed by atoms with Crippen molar-refractivity contribution in [2.24, 2.45) is 4.99 Å². The van der Waals surface area contributed by atoms with Crippen LogP contribution in [0.15, 0.2) is 35.5 Å². The molecule has 0 saturated carbocycles. The lowest BCUT2D eigenvalue weighted by molar-refractivity contribution is 0.0680. The highest BCUT2D eigenvalue weighted by atomic mass is 35.5. The predicted octanol–water partition coefficient (Wildman–Crippen LogP) is 2.78. The van der Waals surface area contributed by atoms with Gasteiger partial charge in [0.15, 0.2) is 5.69 Å². The normalized spacial score (nSPS) is 14.0. The summed E-state index contributed by atoms with van der Waals surface area (Å²) in [4.78, 5) is 15.1. The van der Waals surface area contributed by atoms with Crippen LogP contribution >= 0.6 is 11.6 Å². The quantitative estimate of drug-likeness (QED) is 0.476. The SMILES string of the molecule is C=C/C=C(\C[C@H](C(C)Cl)n1nc(C#N)cc1C(=O)O)N=C. The molecule has 0 aliphatic rings. The van der Waals surface area contributed by atoms with E-state index < -0.39 is 17.4 Å². The zero-order chi connectivity index (χ0) is 16.0. The summed E-state index contributed by atoms with van der Waals surface area (Å²) in [5, 5.41) is 21.7. The molecule has 1 aromatic heterocycles. The first-order valence-electron chi connectivity index (χ1n) is 6.09. The molecule has 21 heavy (non-hydrogen) atoms. The first kappa shape index (κ1) is 16.7. The summed E-state index contributed by atoms with van der Waals surface area (Å²) in [6.07, 6.45) is 3.54. The molecule has 1 rings (SSSR count). The van der Waals surface area contributed by atoms with Gasteiger partial charge in [-0.1, -0.05) is 12.7 Å². The highest BCUT2D eigenvalue weighted by Crippen LogP contribution is 2.27. The molecule has 0 aliphatic carbocycles. The minimum atomic E-state index is -1.17. The van der Waals surface area contributed by atoms with Gasteiger partial charge >= 0.3 is 5.97 Å². The second kappa shape index (κ2) is 7.41. The van der Waals surface area contributed by atoms with Gasteiger partial charge in [-0.2, -0.15) is 10.4 Å². The van der Waals surface area contributed by atoms with Crippen LogP contribution < -0.4 is 0 Å². The highest BCUT2D eigenvalue weighted by Gasteiger charge is 2.25. The number of allylic oxidation sites excluding steroid dienone is 3. The molecule has 2 atom stereocenters. The van der Waals surface area contributed by atoms with Gasteiger partial charge in [-0.25, -0.2) is 4.79 Å². The van der Waals surface area contributed by atoms with Crippen LogP contribution in [0.5, 0.6) is 0 Å². The van der Waals surface area contributed by atoms with Crippen molar-refractivity contribution in [2.75, 3.05) is 0 Å². The third-order valence-electron chi connectivity index (χ3n) is 2.85. The zero-order valence-electron chi connectivity index (χ0n) is 11.5. The minimum absolute atomic E-state index is 0.0236. The summed E-state index contributed by atoms with van der Waals surface area (Å²) in [6, 6.07) is 2.56. The molecule has 1 unspecified atom stereocenters. The minimum Gasteiger partial charge on any atom is -0.477 e. The van der Waals surface area contributed by atoms with E-state index in [0.717, 1.165) is 0 Å². The standard InChI is InChI=1S/C14H15ClN4O2/c1-4-5-10(17-3)6-12(9(2)15)19-13(14(20)21)7-11(8-16)18-19/h4-5,7,9,12H,1,3,6H2,2H3,(H,20,21)/b10-5+/t9?,12-/m1/s1. The van der Waals surface area contributed by atoms with Crippen LogP contribution in [0.4, 0.5) is 0 Å². The first-order valence-corrected chi connectivity index (χ1v) is 6.53. The largest absolute Gasteiger partial charge is 0.477 e. The Bertz CT molecular complexity index is 625. The topological polar surface area (TPSA) is 91.3 Å². The number of aliphatic imine (C=N–C) groups is 1. The third-order valence-corrected chi connectivity index (χ3v) is 3.14. The van der Waals surface area contributed by atoms with Crippen molar-refractivity contribution in [1.82, 2.24) is 9.78 Å². The first-order chi connectivity index (χ1) is 9.94. The van der Waals surface area contributed by atoms with E-state index in [0.29, 0.717) is 12.1 Å². The Labute approximate surface area is 127 Å². The van der Waals surface area contributed by atoms with Gasteiger partial charge in [0.2, 0.25) is 0 Å². The summed E-state index contributed by atoms with van der Waals surface area (Å²) in [5.41, 5.74) is 0.537. The van der Waals surface area contributed by atoms with E-state index in [1.54, 1.807) is 19.1 Å². The fourth-order valence-electron chi connectivity index (χ4n) is 1.84. The van der Waals surface area contributed by atoms with Gasteiger partial charge in [-0.3, -0.25) is 9.67 Å². The molecule has 1 heterocycles. The van der Waals surface area contributed by atoms with Crippen LogP contribution in [0.2, 0.25) is 0 Å². The van der Waals surface area contributed by atoms with E-state index in [1.165, 1.54) is 10.7 Å². The number of aromatic nitrogens is 2. The van der Waals surface area contributed by atoms with Gasteiger partial charge in [-0.15, -0.1) is 11.6 Å². The molecular weight excluding hydrogens is 292 g/mol. The fraction of sp³-hybridized carbons (Fsp3) is 0.286. The van der Waals surface area contributed by atoms with E-state index in [2.05, 4.69) is 23.4 Å². The monoisotopic (exact) mass is 306 g/mol. The number of hydrogen-bond donors (Lipinski definition) is 1. The van der Waals surface area contributed by atoms with Crippen molar-refractivity contribution in [3.63, 3.8) is 0 Å². The van der Waals surface area contributed by atoms with Crippen LogP contribution in [0, 0.1) is 11.3 Å². The molecule has 0 radical (unpaired) electrons. The summed E-state index contributed by atoms with van der Waals surface area (Å²) in [5.74, 6) is -1.17. The lowest BCUT2D eigenvalue weighted by atomic mass is 10.1. The number of nitriles is 1. The summed E-state index contributed by atoms with van der Waals surface area (Å²) >= 11 is 6.16. The van der Waals surface area contributed by atoms with E-state index >= 15 is 0 Å². The number of nitrogens with zero attached hydrogens (tertiary/aromatic N) is 4. The maximum atomic E-state index is 11.3. The van der Waals surface area contributed by atoms with Gasteiger partial charge in [0, 0.05) is 18.2 Å². The van der Waals surface area contributed by atoms with Crippen molar-refractivity contribution in [3.05, 3.63) is 41.9 Å². The maximum Gasteiger partial charge on any atom is 0.354 e. The second-order valence-corrected chi connectivity index (χ2v) is 4.97. The number of rotatable bonds is 7. The Kier molecular flexibility index (Phi) is 5.88. The van der Waals surface area contributed by atoms with Gasteiger partial charge in [0.05, 0.1) is 11.4 Å². The molecule has 1 aromatic rings. The van der Waals surface area contributed by atoms with Crippen LogP contribution in [0.1, 0.15) is 35.6 Å². The predicted molar refractivity (Wildman–Crippen MR) is 80.7 cm³/mol. The summed E-state index contributed by atoms with van der Waals surface area (Å²) in [6.45, 7) is 8.76. The Balaban J connectivity index is 3.29. The number of alkyl halides is 1. The Morgan fingerprint density at radius 1 is 1.76 bits per heavy atom. The third kappa shape index (κ3) is 4.04. The van der Waals surface area contributed by atoms with Crippen molar-refractivity contribution < 1.29 is 9.90 Å². The molecule has 110 valence electrons. The molecule has 0 spiro atoms. The maximum absolute atomic E-state index is 11.3. The number of carboxylic acids is 1. The van der Waals surface area contributed by atoms with Crippen molar-refractivity contribution in [2.45, 2.75) is 24.8 Å². The van der Waals surface area contributed by atoms with Crippen LogP contribution in [-0.2, 0) is 0 Å². The van der Waals surface area contributed by atoms with E-state index in [1.807, 2.05) is 6.07 Å². The van der Waals surface area contributed by atoms with E-state index in [4.69, 9.17) is 16.9 Å². The lowest BCUT2D eigenvalue weighted by Gasteiger charge is -2.21. The summed E-state index contributed by atoms with van der Waals surface area (Å²) in [7, 11) is 0. The number of hydrogen-bond acceptors (Lipinski definition) is 4. The zero-order valence-corrected chi connectivity index (χ0v) is 12.3. The molecule has 0 aliphatic heterocycles. The number of aromatic carboxylic acids is 1. The van der Waals surface area contributed by atoms with Crippen LogP contribution in [0.25, 0.3) is 0 Å². The average Bonchev–Trinajstić information content (AvgIpc) is 2.87. The highest BCUT2D eigenvalue weighted by molar-refractivity contribution is 6.20. The van der Waals surface area contributed by atoms with Gasteiger partial charge in [0.1, 0.15) is 11.8 Å². The number of carbonyl (C=O) groups is 1. The van der Waals surface area contributed by atoms with Crippen molar-refractivity contribution >= 4 is 24.3 Å². The van der Waals surface area contributed by atoms with Gasteiger partial charge in [-0.05, 0) is 19.7 Å². The van der Waals surface area contributed by atoms with Crippen molar-refractivity contribution in [1.29, 1.82) is 5.26 Å². The number of carboxylic acid groups (broad SMARTS) is 1. The Hall–Kier alpha value is -2.39. The molecule has 0 saturated heterocycles. The Morgan fingerprint density at radius 2 is 2.43 bits per heavy atom. The van der Waals surface area contributed by atoms with Crippen LogP contribution in [0.3, 0.4) is 0 Å². The lowest BCUT2D eigenvalue weighted by Crippen LogP contribution is -2.23. The molecule has 0 amide bonds. The smallest absolute Gasteiger partial charge is 0.354 e. The molecular formula is C14H15ClN4O2. The van der Waals surface area contributed by atoms with Crippen molar-refractivity contribution in [3.8, 4) is 6.07 Å². The second-order valence-electron chi connectivity index (χ2n) is 4.28. The molecule has 0 fully saturated rings. The molecule has 0 bridgehead atoms. The van der Waals surface area contributed by atoms with E-state index in [-0.39, 0.29) is 11.4 Å². The molecule has 1 N–H and O–H groups in total. The van der Waals surface area contributed by atoms with Crippen LogP contribution in [-0.4, -0.2) is 33.0 Å². The number of halogens is 1. The average molecular weight is 307 g/mol. The molecule has 0 aromatic carbocycles. The van der Waals surface area contributed by atoms with Gasteiger partial charge in [0.25, 0.3) is 0 Å². The Morgan fingerprint density at radius 3 is 2.86 bits per heavy atom. The molecule has 6 nitrogen and oxygen atoms in total. The fourth-order valence-corrected chi connectivity index (χ4v) is 2.04. The van der Waals surface area contributed by atoms with E-state index in [9.17, 15) is 9.90 Å².